The summed E-state index contributed by atoms with van der Waals surface area (Å²) < 4.78 is 0. The number of nitrogens with zero attached hydrogens (tertiary/aromatic N) is 1. The SMILES string of the molecule is Cc1ccnc(C(CC(=O)O)C(=O)O)c1. The van der Waals surface area contributed by atoms with Gasteiger partial charge in [-0.2, -0.15) is 0 Å². The zero-order chi connectivity index (χ0) is 11.4. The molecule has 0 bridgehead atoms. The summed E-state index contributed by atoms with van der Waals surface area (Å²) in [4.78, 5) is 25.2. The third kappa shape index (κ3) is 3.05. The molecule has 80 valence electrons. The molecule has 1 atom stereocenters. The number of aliphatic carboxylic acids is 2. The molecule has 1 rings (SSSR count). The topological polar surface area (TPSA) is 87.5 Å². The van der Waals surface area contributed by atoms with Crippen molar-refractivity contribution in [3.05, 3.63) is 29.6 Å². The average Bonchev–Trinajstić information content (AvgIpc) is 2.13. The molecule has 1 heterocycles. The van der Waals surface area contributed by atoms with Crippen molar-refractivity contribution in [2.24, 2.45) is 0 Å². The van der Waals surface area contributed by atoms with E-state index >= 15 is 0 Å². The van der Waals surface area contributed by atoms with Crippen molar-refractivity contribution in [2.45, 2.75) is 19.3 Å². The van der Waals surface area contributed by atoms with Gasteiger partial charge in [0.25, 0.3) is 0 Å². The second-order valence-corrected chi connectivity index (χ2v) is 3.25. The first-order valence-corrected chi connectivity index (χ1v) is 4.38. The van der Waals surface area contributed by atoms with Gasteiger partial charge < -0.3 is 10.2 Å². The molecule has 0 aliphatic rings. The first kappa shape index (κ1) is 11.2. The van der Waals surface area contributed by atoms with E-state index < -0.39 is 24.3 Å². The van der Waals surface area contributed by atoms with E-state index in [0.29, 0.717) is 0 Å². The van der Waals surface area contributed by atoms with Gasteiger partial charge in [-0.05, 0) is 24.6 Å². The zero-order valence-electron chi connectivity index (χ0n) is 8.17. The Morgan fingerprint density at radius 1 is 1.47 bits per heavy atom. The first-order valence-electron chi connectivity index (χ1n) is 4.38. The van der Waals surface area contributed by atoms with Crippen molar-refractivity contribution < 1.29 is 19.8 Å². The molecular weight excluding hydrogens is 198 g/mol. The molecule has 15 heavy (non-hydrogen) atoms. The average molecular weight is 209 g/mol. The Morgan fingerprint density at radius 2 is 2.13 bits per heavy atom. The predicted molar refractivity (Wildman–Crippen MR) is 51.6 cm³/mol. The predicted octanol–water partition coefficient (Wildman–Crippen LogP) is 1.03. The molecule has 0 aromatic carbocycles. The maximum atomic E-state index is 10.8. The number of carboxylic acid groups (broad SMARTS) is 2. The van der Waals surface area contributed by atoms with E-state index in [1.54, 1.807) is 19.1 Å². The highest BCUT2D eigenvalue weighted by Gasteiger charge is 2.24. The van der Waals surface area contributed by atoms with Crippen LogP contribution in [-0.4, -0.2) is 27.1 Å². The van der Waals surface area contributed by atoms with Crippen LogP contribution in [0, 0.1) is 6.92 Å². The third-order valence-corrected chi connectivity index (χ3v) is 1.97. The summed E-state index contributed by atoms with van der Waals surface area (Å²) in [5.74, 6) is -3.40. The van der Waals surface area contributed by atoms with Crippen LogP contribution in [0.1, 0.15) is 23.6 Å². The monoisotopic (exact) mass is 209 g/mol. The van der Waals surface area contributed by atoms with Gasteiger partial charge in [-0.1, -0.05) is 0 Å². The van der Waals surface area contributed by atoms with Crippen LogP contribution in [0.4, 0.5) is 0 Å². The summed E-state index contributed by atoms with van der Waals surface area (Å²) in [6, 6.07) is 3.31. The fraction of sp³-hybridized carbons (Fsp3) is 0.300. The van der Waals surface area contributed by atoms with E-state index in [2.05, 4.69) is 4.98 Å². The standard InChI is InChI=1S/C10H11NO4/c1-6-2-3-11-8(4-6)7(10(14)15)5-9(12)13/h2-4,7H,5H2,1H3,(H,12,13)(H,14,15). The Hall–Kier alpha value is -1.91. The second-order valence-electron chi connectivity index (χ2n) is 3.25. The van der Waals surface area contributed by atoms with E-state index in [0.717, 1.165) is 5.56 Å². The Labute approximate surface area is 86.4 Å². The normalized spacial score (nSPS) is 12.1. The number of rotatable bonds is 4. The number of hydrogen-bond acceptors (Lipinski definition) is 3. The van der Waals surface area contributed by atoms with Gasteiger partial charge in [0.1, 0.15) is 5.92 Å². The number of aromatic nitrogens is 1. The third-order valence-electron chi connectivity index (χ3n) is 1.97. The smallest absolute Gasteiger partial charge is 0.313 e. The molecule has 5 heteroatoms. The van der Waals surface area contributed by atoms with Crippen LogP contribution in [-0.2, 0) is 9.59 Å². The summed E-state index contributed by atoms with van der Waals surface area (Å²) in [6.07, 6.45) is 1.02. The largest absolute Gasteiger partial charge is 0.481 e. The van der Waals surface area contributed by atoms with Crippen molar-refractivity contribution in [3.8, 4) is 0 Å². The minimum absolute atomic E-state index is 0.282. The lowest BCUT2D eigenvalue weighted by Crippen LogP contribution is -2.17. The molecule has 0 saturated carbocycles. The Morgan fingerprint density at radius 3 is 2.60 bits per heavy atom. The number of hydrogen-bond donors (Lipinski definition) is 2. The van der Waals surface area contributed by atoms with Crippen LogP contribution >= 0.6 is 0 Å². The van der Waals surface area contributed by atoms with Gasteiger partial charge in [0.2, 0.25) is 0 Å². The molecule has 0 aliphatic heterocycles. The summed E-state index contributed by atoms with van der Waals surface area (Å²) in [6.45, 7) is 1.80. The van der Waals surface area contributed by atoms with E-state index in [4.69, 9.17) is 10.2 Å². The summed E-state index contributed by atoms with van der Waals surface area (Å²) >= 11 is 0. The fourth-order valence-corrected chi connectivity index (χ4v) is 1.24. The second kappa shape index (κ2) is 4.54. The van der Waals surface area contributed by atoms with Crippen molar-refractivity contribution in [1.82, 2.24) is 4.98 Å². The van der Waals surface area contributed by atoms with Crippen molar-refractivity contribution >= 4 is 11.9 Å². The Bertz CT molecular complexity index is 389. The van der Waals surface area contributed by atoms with E-state index in [1.165, 1.54) is 6.20 Å². The van der Waals surface area contributed by atoms with Gasteiger partial charge in [0, 0.05) is 6.20 Å². The highest BCUT2D eigenvalue weighted by molar-refractivity contribution is 5.81. The van der Waals surface area contributed by atoms with Gasteiger partial charge >= 0.3 is 11.9 Å². The maximum Gasteiger partial charge on any atom is 0.313 e. The highest BCUT2D eigenvalue weighted by atomic mass is 16.4. The Kier molecular flexibility index (Phi) is 3.38. The quantitative estimate of drug-likeness (QED) is 0.773. The van der Waals surface area contributed by atoms with E-state index in [1.807, 2.05) is 0 Å². The summed E-state index contributed by atoms with van der Waals surface area (Å²) in [5, 5.41) is 17.4. The number of carboxylic acids is 2. The Balaban J connectivity index is 2.98. The first-order chi connectivity index (χ1) is 7.00. The summed E-state index contributed by atoms with van der Waals surface area (Å²) in [5.41, 5.74) is 1.14. The van der Waals surface area contributed by atoms with E-state index in [9.17, 15) is 9.59 Å². The minimum Gasteiger partial charge on any atom is -0.481 e. The van der Waals surface area contributed by atoms with Gasteiger partial charge in [0.05, 0.1) is 12.1 Å². The molecule has 1 aromatic rings. The summed E-state index contributed by atoms with van der Waals surface area (Å²) in [7, 11) is 0. The van der Waals surface area contributed by atoms with E-state index in [-0.39, 0.29) is 5.69 Å². The van der Waals surface area contributed by atoms with Crippen LogP contribution in [0.25, 0.3) is 0 Å². The molecule has 0 saturated heterocycles. The van der Waals surface area contributed by atoms with Crippen LogP contribution in [0.2, 0.25) is 0 Å². The van der Waals surface area contributed by atoms with Crippen molar-refractivity contribution in [2.75, 3.05) is 0 Å². The molecule has 0 radical (unpaired) electrons. The van der Waals surface area contributed by atoms with Crippen LogP contribution in [0.5, 0.6) is 0 Å². The molecule has 1 unspecified atom stereocenters. The lowest BCUT2D eigenvalue weighted by Gasteiger charge is -2.09. The maximum absolute atomic E-state index is 10.8. The number of carbonyl (C=O) groups is 2. The molecule has 0 aliphatic carbocycles. The van der Waals surface area contributed by atoms with Crippen LogP contribution in [0.3, 0.4) is 0 Å². The molecule has 1 aromatic heterocycles. The minimum atomic E-state index is -1.17. The molecule has 0 spiro atoms. The zero-order valence-corrected chi connectivity index (χ0v) is 8.17. The van der Waals surface area contributed by atoms with Gasteiger partial charge in [-0.25, -0.2) is 0 Å². The van der Waals surface area contributed by atoms with Gasteiger partial charge in [0.15, 0.2) is 0 Å². The van der Waals surface area contributed by atoms with Gasteiger partial charge in [-0.3, -0.25) is 14.6 Å². The van der Waals surface area contributed by atoms with Gasteiger partial charge in [-0.15, -0.1) is 0 Å². The molecule has 0 amide bonds. The molecule has 5 nitrogen and oxygen atoms in total. The molecule has 0 fully saturated rings. The van der Waals surface area contributed by atoms with Crippen LogP contribution < -0.4 is 0 Å². The number of aryl methyl sites for hydroxylation is 1. The van der Waals surface area contributed by atoms with Crippen LogP contribution in [0.15, 0.2) is 18.3 Å². The molecule has 2 N–H and O–H groups in total. The highest BCUT2D eigenvalue weighted by Crippen LogP contribution is 2.18. The lowest BCUT2D eigenvalue weighted by atomic mass is 10.00. The fourth-order valence-electron chi connectivity index (χ4n) is 1.24. The lowest BCUT2D eigenvalue weighted by molar-refractivity contribution is -0.145. The van der Waals surface area contributed by atoms with Crippen molar-refractivity contribution in [1.29, 1.82) is 0 Å². The molecular formula is C10H11NO4. The number of pyridine rings is 1. The van der Waals surface area contributed by atoms with Crippen molar-refractivity contribution in [3.63, 3.8) is 0 Å².